The first-order chi connectivity index (χ1) is 8.35. The standard InChI is InChI=1S/C11H10F2NO2PS.Na/c1-2-7-18-17(15,16)11(12,13)10-5-3-9(8-14)4-6-10;/h2-6H,1,7H2,(H,15,16);/q;+1/p-1. The van der Waals surface area contributed by atoms with Gasteiger partial charge in [-0.25, -0.2) is 0 Å². The molecule has 0 radical (unpaired) electrons. The molecule has 1 aromatic rings. The van der Waals surface area contributed by atoms with Gasteiger partial charge in [0.2, 0.25) is 0 Å². The van der Waals surface area contributed by atoms with E-state index in [2.05, 4.69) is 6.58 Å². The molecule has 1 rings (SSSR count). The van der Waals surface area contributed by atoms with Crippen LogP contribution in [0.1, 0.15) is 11.1 Å². The Morgan fingerprint density at radius 2 is 2.00 bits per heavy atom. The monoisotopic (exact) mass is 311 g/mol. The summed E-state index contributed by atoms with van der Waals surface area (Å²) in [6, 6.07) is 5.96. The van der Waals surface area contributed by atoms with Gasteiger partial charge in [0.15, 0.2) is 0 Å². The second-order valence-electron chi connectivity index (χ2n) is 3.31. The van der Waals surface area contributed by atoms with E-state index in [0.717, 1.165) is 24.3 Å². The van der Waals surface area contributed by atoms with Crippen molar-refractivity contribution in [3.8, 4) is 6.07 Å². The van der Waals surface area contributed by atoms with E-state index in [1.807, 2.05) is 0 Å². The first kappa shape index (κ1) is 18.9. The molecule has 8 heteroatoms. The van der Waals surface area contributed by atoms with Crippen molar-refractivity contribution < 1.29 is 47.8 Å². The second-order valence-corrected chi connectivity index (χ2v) is 7.68. The van der Waals surface area contributed by atoms with Crippen molar-refractivity contribution in [2.45, 2.75) is 5.66 Å². The maximum atomic E-state index is 13.8. The molecule has 19 heavy (non-hydrogen) atoms. The van der Waals surface area contributed by atoms with Crippen LogP contribution in [-0.2, 0) is 10.2 Å². The van der Waals surface area contributed by atoms with Crippen LogP contribution in [0.2, 0.25) is 0 Å². The molecule has 0 amide bonds. The van der Waals surface area contributed by atoms with Crippen molar-refractivity contribution in [2.75, 3.05) is 5.75 Å². The van der Waals surface area contributed by atoms with E-state index >= 15 is 0 Å². The van der Waals surface area contributed by atoms with Crippen LogP contribution in [-0.4, -0.2) is 5.75 Å². The van der Waals surface area contributed by atoms with Crippen LogP contribution in [0.25, 0.3) is 0 Å². The van der Waals surface area contributed by atoms with Gasteiger partial charge in [-0.1, -0.05) is 18.2 Å². The Kier molecular flexibility index (Phi) is 7.52. The van der Waals surface area contributed by atoms with Gasteiger partial charge in [0.1, 0.15) is 6.57 Å². The Morgan fingerprint density at radius 3 is 2.42 bits per heavy atom. The van der Waals surface area contributed by atoms with Crippen molar-refractivity contribution in [1.29, 1.82) is 5.26 Å². The number of rotatable bonds is 5. The van der Waals surface area contributed by atoms with Crippen molar-refractivity contribution in [3.63, 3.8) is 0 Å². The van der Waals surface area contributed by atoms with Crippen LogP contribution in [0.15, 0.2) is 36.9 Å². The molecule has 0 spiro atoms. The molecule has 0 aliphatic heterocycles. The number of hydrogen-bond donors (Lipinski definition) is 0. The molecule has 0 aromatic heterocycles. The van der Waals surface area contributed by atoms with Crippen LogP contribution >= 0.6 is 18.0 Å². The Hall–Kier alpha value is -0.150. The third-order valence-electron chi connectivity index (χ3n) is 2.07. The van der Waals surface area contributed by atoms with Crippen LogP contribution in [0, 0.1) is 11.3 Å². The van der Waals surface area contributed by atoms with Gasteiger partial charge < -0.3 is 9.46 Å². The summed E-state index contributed by atoms with van der Waals surface area (Å²) >= 11 is 0.157. The van der Waals surface area contributed by atoms with Crippen LogP contribution in [0.4, 0.5) is 8.78 Å². The van der Waals surface area contributed by atoms with Crippen LogP contribution in [0.3, 0.4) is 0 Å². The molecule has 1 atom stereocenters. The number of hydrogen-bond acceptors (Lipinski definition) is 4. The summed E-state index contributed by atoms with van der Waals surface area (Å²) in [6.07, 6.45) is 1.24. The first-order valence-corrected chi connectivity index (χ1v) is 8.01. The SMILES string of the molecule is C=CCSP(=O)([O-])C(F)(F)c1ccc(C#N)cc1.[Na+]. The first-order valence-electron chi connectivity index (χ1n) is 4.80. The number of nitrogens with zero attached hydrogens (tertiary/aromatic N) is 1. The molecule has 0 fully saturated rings. The van der Waals surface area contributed by atoms with E-state index in [4.69, 9.17) is 5.26 Å². The minimum absolute atomic E-state index is 0. The van der Waals surface area contributed by atoms with Gasteiger partial charge in [0.25, 0.3) is 0 Å². The van der Waals surface area contributed by atoms with Gasteiger partial charge in [0, 0.05) is 11.3 Å². The second kappa shape index (κ2) is 7.58. The van der Waals surface area contributed by atoms with Crippen LogP contribution < -0.4 is 34.5 Å². The summed E-state index contributed by atoms with van der Waals surface area (Å²) < 4.78 is 39.1. The molecule has 0 saturated carbocycles. The Balaban J connectivity index is 0.00000324. The average Bonchev–Trinajstić information content (AvgIpc) is 2.36. The fourth-order valence-corrected chi connectivity index (χ4v) is 3.77. The summed E-state index contributed by atoms with van der Waals surface area (Å²) in [5, 5.41) is 8.54. The largest absolute Gasteiger partial charge is 1.00 e. The van der Waals surface area contributed by atoms with E-state index in [0.29, 0.717) is 0 Å². The van der Waals surface area contributed by atoms with Gasteiger partial charge in [0.05, 0.1) is 11.6 Å². The fraction of sp³-hybridized carbons (Fsp3) is 0.182. The summed E-state index contributed by atoms with van der Waals surface area (Å²) in [7, 11) is 0. The minimum Gasteiger partial charge on any atom is -0.787 e. The van der Waals surface area contributed by atoms with E-state index in [-0.39, 0.29) is 52.3 Å². The number of halogens is 2. The molecule has 0 N–H and O–H groups in total. The topological polar surface area (TPSA) is 63.9 Å². The molecule has 1 unspecified atom stereocenters. The van der Waals surface area contributed by atoms with Crippen molar-refractivity contribution in [3.05, 3.63) is 48.0 Å². The molecule has 0 saturated heterocycles. The normalized spacial score (nSPS) is 13.8. The summed E-state index contributed by atoms with van der Waals surface area (Å²) in [6.45, 7) is -1.70. The van der Waals surface area contributed by atoms with Crippen molar-refractivity contribution in [2.24, 2.45) is 0 Å². The molecular weight excluding hydrogens is 302 g/mol. The third-order valence-corrected chi connectivity index (χ3v) is 5.89. The van der Waals surface area contributed by atoms with Crippen LogP contribution in [0.5, 0.6) is 0 Å². The Bertz CT molecular complexity index is 530. The summed E-state index contributed by atoms with van der Waals surface area (Å²) in [5.74, 6) is -0.105. The van der Waals surface area contributed by atoms with E-state index in [1.165, 1.54) is 6.08 Å². The van der Waals surface area contributed by atoms with E-state index < -0.39 is 17.8 Å². The number of benzene rings is 1. The van der Waals surface area contributed by atoms with E-state index in [1.54, 1.807) is 6.07 Å². The smallest absolute Gasteiger partial charge is 0.787 e. The Labute approximate surface area is 136 Å². The molecule has 0 aliphatic carbocycles. The molecule has 96 valence electrons. The molecule has 1 aromatic carbocycles. The summed E-state index contributed by atoms with van der Waals surface area (Å²) in [4.78, 5) is 11.5. The van der Waals surface area contributed by atoms with Gasteiger partial charge in [-0.2, -0.15) is 14.0 Å². The minimum atomic E-state index is -4.98. The van der Waals surface area contributed by atoms with Gasteiger partial charge >= 0.3 is 35.2 Å². The van der Waals surface area contributed by atoms with Gasteiger partial charge in [-0.3, -0.25) is 0 Å². The predicted octanol–water partition coefficient (Wildman–Crippen LogP) is 0.0842. The molecule has 0 heterocycles. The predicted molar refractivity (Wildman–Crippen MR) is 65.3 cm³/mol. The van der Waals surface area contributed by atoms with Crippen molar-refractivity contribution >= 4 is 18.0 Å². The molecule has 3 nitrogen and oxygen atoms in total. The fourth-order valence-electron chi connectivity index (χ4n) is 1.14. The summed E-state index contributed by atoms with van der Waals surface area (Å²) in [5.41, 5.74) is -4.42. The zero-order valence-corrected chi connectivity index (χ0v) is 13.9. The zero-order chi connectivity index (χ0) is 13.8. The maximum Gasteiger partial charge on any atom is 1.00 e. The van der Waals surface area contributed by atoms with Gasteiger partial charge in [-0.15, -0.1) is 18.0 Å². The number of alkyl halides is 2. The average molecular weight is 311 g/mol. The Morgan fingerprint density at radius 1 is 1.47 bits per heavy atom. The maximum absolute atomic E-state index is 13.8. The van der Waals surface area contributed by atoms with Gasteiger partial charge in [-0.05, 0) is 12.1 Å². The molecular formula is C11H9F2NNaO2PS. The third kappa shape index (κ3) is 4.42. The molecule has 0 aliphatic rings. The molecule has 0 bridgehead atoms. The van der Waals surface area contributed by atoms with Crippen molar-refractivity contribution in [1.82, 2.24) is 0 Å². The number of nitriles is 1. The van der Waals surface area contributed by atoms with E-state index in [9.17, 15) is 18.2 Å². The quantitative estimate of drug-likeness (QED) is 0.439. The zero-order valence-electron chi connectivity index (χ0n) is 10.2.